The quantitative estimate of drug-likeness (QED) is 0.820. The molecule has 1 aliphatic heterocycles. The Labute approximate surface area is 154 Å². The molecule has 2 aromatic rings. The first-order valence-corrected chi connectivity index (χ1v) is 9.61. The fourth-order valence-electron chi connectivity index (χ4n) is 3.93. The highest BCUT2D eigenvalue weighted by atomic mass is 16.6. The zero-order valence-corrected chi connectivity index (χ0v) is 15.4. The van der Waals surface area contributed by atoms with Gasteiger partial charge in [0.15, 0.2) is 11.6 Å². The predicted octanol–water partition coefficient (Wildman–Crippen LogP) is 3.47. The van der Waals surface area contributed by atoms with Gasteiger partial charge in [-0.05, 0) is 18.9 Å². The summed E-state index contributed by atoms with van der Waals surface area (Å²) in [4.78, 5) is 4.87. The van der Waals surface area contributed by atoms with Gasteiger partial charge in [0.05, 0.1) is 33.0 Å². The van der Waals surface area contributed by atoms with Gasteiger partial charge in [-0.15, -0.1) is 0 Å². The van der Waals surface area contributed by atoms with Gasteiger partial charge in [-0.1, -0.05) is 37.5 Å². The van der Waals surface area contributed by atoms with Gasteiger partial charge in [-0.3, -0.25) is 0 Å². The third-order valence-electron chi connectivity index (χ3n) is 5.27. The molecule has 140 valence electrons. The highest BCUT2D eigenvalue weighted by Gasteiger charge is 2.28. The molecule has 1 aromatic heterocycles. The third-order valence-corrected chi connectivity index (χ3v) is 5.27. The van der Waals surface area contributed by atoms with E-state index in [0.29, 0.717) is 32.3 Å². The van der Waals surface area contributed by atoms with Crippen LogP contribution in [-0.2, 0) is 15.9 Å². The van der Waals surface area contributed by atoms with Gasteiger partial charge in [-0.25, -0.2) is 9.67 Å². The van der Waals surface area contributed by atoms with Gasteiger partial charge in [0.1, 0.15) is 11.9 Å². The van der Waals surface area contributed by atoms with E-state index in [1.54, 1.807) is 7.11 Å². The highest BCUT2D eigenvalue weighted by molar-refractivity contribution is 5.35. The maximum atomic E-state index is 5.93. The molecule has 26 heavy (non-hydrogen) atoms. The van der Waals surface area contributed by atoms with E-state index in [4.69, 9.17) is 24.3 Å². The molecule has 4 rings (SSSR count). The van der Waals surface area contributed by atoms with Crippen LogP contribution in [0, 0.1) is 0 Å². The summed E-state index contributed by atoms with van der Waals surface area (Å²) in [6.45, 7) is 1.83. The Kier molecular flexibility index (Phi) is 5.51. The fourth-order valence-corrected chi connectivity index (χ4v) is 3.93. The van der Waals surface area contributed by atoms with E-state index in [9.17, 15) is 0 Å². The van der Waals surface area contributed by atoms with Crippen molar-refractivity contribution in [1.29, 1.82) is 0 Å². The Morgan fingerprint density at radius 1 is 1.15 bits per heavy atom. The van der Waals surface area contributed by atoms with Crippen LogP contribution >= 0.6 is 0 Å². The van der Waals surface area contributed by atoms with Crippen LogP contribution in [0.4, 0.5) is 0 Å². The Morgan fingerprint density at radius 3 is 2.77 bits per heavy atom. The summed E-state index contributed by atoms with van der Waals surface area (Å²) in [7, 11) is 1.70. The van der Waals surface area contributed by atoms with Gasteiger partial charge < -0.3 is 14.2 Å². The van der Waals surface area contributed by atoms with Crippen molar-refractivity contribution >= 4 is 0 Å². The first-order chi connectivity index (χ1) is 12.8. The summed E-state index contributed by atoms with van der Waals surface area (Å²) in [5.41, 5.74) is 1.10. The number of methoxy groups -OCH3 is 1. The Hall–Kier alpha value is -1.92. The average Bonchev–Trinajstić information content (AvgIpc) is 3.13. The molecule has 0 bridgehead atoms. The monoisotopic (exact) mass is 357 g/mol. The van der Waals surface area contributed by atoms with Gasteiger partial charge in [0.25, 0.3) is 0 Å². The van der Waals surface area contributed by atoms with Crippen molar-refractivity contribution in [2.24, 2.45) is 0 Å². The molecule has 2 fully saturated rings. The molecule has 1 aromatic carbocycles. The fraction of sp³-hybridized carbons (Fsp3) is 0.600. The molecule has 1 saturated heterocycles. The molecule has 6 nitrogen and oxygen atoms in total. The lowest BCUT2D eigenvalue weighted by Crippen LogP contribution is -2.27. The van der Waals surface area contributed by atoms with E-state index in [0.717, 1.165) is 35.8 Å². The SMILES string of the molecule is COc1ccccc1Cc1nc([C@@H]2COCCO2)n(C2CCCCC2)n1. The van der Waals surface area contributed by atoms with Gasteiger partial charge >= 0.3 is 0 Å². The first kappa shape index (κ1) is 17.5. The number of hydrogen-bond acceptors (Lipinski definition) is 5. The van der Waals surface area contributed by atoms with E-state index in [1.165, 1.54) is 19.3 Å². The van der Waals surface area contributed by atoms with E-state index in [-0.39, 0.29) is 6.10 Å². The lowest BCUT2D eigenvalue weighted by atomic mass is 9.95. The van der Waals surface area contributed by atoms with E-state index in [2.05, 4.69) is 10.7 Å². The molecule has 1 aliphatic carbocycles. The minimum absolute atomic E-state index is 0.121. The largest absolute Gasteiger partial charge is 0.496 e. The van der Waals surface area contributed by atoms with Crippen molar-refractivity contribution in [2.75, 3.05) is 26.9 Å². The predicted molar refractivity (Wildman–Crippen MR) is 97.5 cm³/mol. The second-order valence-corrected chi connectivity index (χ2v) is 7.05. The highest BCUT2D eigenvalue weighted by Crippen LogP contribution is 2.32. The Balaban J connectivity index is 1.63. The molecule has 1 saturated carbocycles. The summed E-state index contributed by atoms with van der Waals surface area (Å²) in [5.74, 6) is 2.62. The van der Waals surface area contributed by atoms with Crippen molar-refractivity contribution in [1.82, 2.24) is 14.8 Å². The van der Waals surface area contributed by atoms with Crippen molar-refractivity contribution in [3.8, 4) is 5.75 Å². The molecule has 0 spiro atoms. The van der Waals surface area contributed by atoms with Crippen LogP contribution in [0.25, 0.3) is 0 Å². The van der Waals surface area contributed by atoms with E-state index >= 15 is 0 Å². The van der Waals surface area contributed by atoms with Crippen molar-refractivity contribution in [3.05, 3.63) is 41.5 Å². The van der Waals surface area contributed by atoms with Crippen LogP contribution in [0.2, 0.25) is 0 Å². The topological polar surface area (TPSA) is 58.4 Å². The van der Waals surface area contributed by atoms with Crippen molar-refractivity contribution < 1.29 is 14.2 Å². The second kappa shape index (κ2) is 8.18. The molecule has 6 heteroatoms. The summed E-state index contributed by atoms with van der Waals surface area (Å²) in [6.07, 6.45) is 6.70. The normalized spacial score (nSPS) is 21.7. The first-order valence-electron chi connectivity index (χ1n) is 9.61. The number of rotatable bonds is 5. The van der Waals surface area contributed by atoms with Crippen LogP contribution in [0.5, 0.6) is 5.75 Å². The van der Waals surface area contributed by atoms with E-state index < -0.39 is 0 Å². The molecule has 0 N–H and O–H groups in total. The maximum absolute atomic E-state index is 5.93. The Bertz CT molecular complexity index is 683. The van der Waals surface area contributed by atoms with Gasteiger partial charge in [0.2, 0.25) is 0 Å². The zero-order valence-electron chi connectivity index (χ0n) is 15.4. The molecular formula is C20H27N3O3. The van der Waals surface area contributed by atoms with Crippen LogP contribution in [0.1, 0.15) is 61.5 Å². The number of para-hydroxylation sites is 1. The third kappa shape index (κ3) is 3.76. The standard InChI is InChI=1S/C20H27N3O3/c1-24-17-10-6-5-7-15(17)13-19-21-20(18-14-25-11-12-26-18)23(22-19)16-8-3-2-4-9-16/h5-7,10,16,18H,2-4,8-9,11-14H2,1H3/t18-/m0/s1. The van der Waals surface area contributed by atoms with Crippen LogP contribution in [-0.4, -0.2) is 41.7 Å². The van der Waals surface area contributed by atoms with Gasteiger partial charge in [-0.2, -0.15) is 5.10 Å². The number of nitrogens with zero attached hydrogens (tertiary/aromatic N) is 3. The molecule has 0 radical (unpaired) electrons. The summed E-state index contributed by atoms with van der Waals surface area (Å²) in [6, 6.07) is 8.47. The van der Waals surface area contributed by atoms with Crippen LogP contribution in [0.3, 0.4) is 0 Å². The maximum Gasteiger partial charge on any atom is 0.159 e. The van der Waals surface area contributed by atoms with Crippen LogP contribution in [0.15, 0.2) is 24.3 Å². The molecular weight excluding hydrogens is 330 g/mol. The van der Waals surface area contributed by atoms with Crippen LogP contribution < -0.4 is 4.74 Å². The lowest BCUT2D eigenvalue weighted by Gasteiger charge is -2.27. The number of ether oxygens (including phenoxy) is 3. The molecule has 0 unspecified atom stereocenters. The molecule has 0 amide bonds. The van der Waals surface area contributed by atoms with Crippen molar-refractivity contribution in [2.45, 2.75) is 50.7 Å². The molecule has 2 heterocycles. The van der Waals surface area contributed by atoms with E-state index in [1.807, 2.05) is 18.2 Å². The lowest BCUT2D eigenvalue weighted by molar-refractivity contribution is -0.0956. The number of benzene rings is 1. The Morgan fingerprint density at radius 2 is 2.00 bits per heavy atom. The minimum Gasteiger partial charge on any atom is -0.496 e. The second-order valence-electron chi connectivity index (χ2n) is 7.05. The molecule has 2 aliphatic rings. The van der Waals surface area contributed by atoms with Gasteiger partial charge in [0, 0.05) is 12.0 Å². The minimum atomic E-state index is -0.121. The molecule has 1 atom stereocenters. The smallest absolute Gasteiger partial charge is 0.159 e. The average molecular weight is 357 g/mol. The van der Waals surface area contributed by atoms with Crippen molar-refractivity contribution in [3.63, 3.8) is 0 Å². The number of hydrogen-bond donors (Lipinski definition) is 0. The summed E-state index contributed by atoms with van der Waals surface area (Å²) >= 11 is 0. The zero-order chi connectivity index (χ0) is 17.8. The summed E-state index contributed by atoms with van der Waals surface area (Å²) in [5, 5.41) is 4.89. The number of aromatic nitrogens is 3. The summed E-state index contributed by atoms with van der Waals surface area (Å²) < 4.78 is 19.2.